The van der Waals surface area contributed by atoms with Crippen LogP contribution < -0.4 is 14.2 Å². The topological polar surface area (TPSA) is 66.4 Å². The van der Waals surface area contributed by atoms with E-state index in [2.05, 4.69) is 49.1 Å². The van der Waals surface area contributed by atoms with Gasteiger partial charge < -0.3 is 18.7 Å². The Bertz CT molecular complexity index is 2190. The molecular formula is C44H42ClN4O3+. The summed E-state index contributed by atoms with van der Waals surface area (Å²) >= 11 is 7.14. The smallest absolute Gasteiger partial charge is 0.227 e. The lowest BCUT2D eigenvalue weighted by molar-refractivity contribution is -0.984. The Hall–Kier alpha value is -5.24. The summed E-state index contributed by atoms with van der Waals surface area (Å²) < 4.78 is 19.8. The van der Waals surface area contributed by atoms with Gasteiger partial charge in [0, 0.05) is 53.1 Å². The molecule has 9 rings (SSSR count). The number of quaternary nitrogens is 1. The molecule has 3 saturated heterocycles. The third-order valence-corrected chi connectivity index (χ3v) is 11.4. The van der Waals surface area contributed by atoms with Crippen molar-refractivity contribution in [3.05, 3.63) is 144 Å². The maximum Gasteiger partial charge on any atom is 0.227 e. The van der Waals surface area contributed by atoms with Crippen molar-refractivity contribution in [2.45, 2.75) is 31.5 Å². The normalized spacial score (nSPS) is 21.4. The Kier molecular flexibility index (Phi) is 9.39. The van der Waals surface area contributed by atoms with Gasteiger partial charge in [0.2, 0.25) is 5.88 Å². The van der Waals surface area contributed by atoms with Gasteiger partial charge >= 0.3 is 0 Å². The van der Waals surface area contributed by atoms with Crippen LogP contribution in [-0.4, -0.2) is 52.8 Å². The van der Waals surface area contributed by atoms with Crippen LogP contribution >= 0.6 is 11.6 Å². The van der Waals surface area contributed by atoms with E-state index in [0.717, 1.165) is 81.6 Å². The number of aromatic nitrogens is 3. The summed E-state index contributed by atoms with van der Waals surface area (Å²) in [6.45, 7) is 7.04. The summed E-state index contributed by atoms with van der Waals surface area (Å²) in [5.74, 6) is 3.42. The zero-order valence-electron chi connectivity index (χ0n) is 29.5. The first-order chi connectivity index (χ1) is 25.5. The Morgan fingerprint density at radius 2 is 1.56 bits per heavy atom. The lowest BCUT2D eigenvalue weighted by Gasteiger charge is -2.58. The average Bonchev–Trinajstić information content (AvgIpc) is 3.20. The molecule has 0 N–H and O–H groups in total. The molecule has 7 nitrogen and oxygen atoms in total. The zero-order valence-corrected chi connectivity index (χ0v) is 30.2. The maximum atomic E-state index is 7.50. The summed E-state index contributed by atoms with van der Waals surface area (Å²) in [5, 5.41) is 1.40. The molecule has 6 aromatic rings. The number of nitrogens with zero attached hydrogens (tertiary/aromatic N) is 4. The minimum absolute atomic E-state index is 0.0653. The number of benzene rings is 4. The fourth-order valence-corrected chi connectivity index (χ4v) is 8.85. The van der Waals surface area contributed by atoms with E-state index < -0.39 is 6.10 Å². The predicted molar refractivity (Wildman–Crippen MR) is 206 cm³/mol. The Morgan fingerprint density at radius 1 is 0.865 bits per heavy atom. The number of halogens is 1. The first-order valence-electron chi connectivity index (χ1n) is 17.9. The second-order valence-corrected chi connectivity index (χ2v) is 14.3. The number of pyridine rings is 1. The van der Waals surface area contributed by atoms with E-state index >= 15 is 0 Å². The van der Waals surface area contributed by atoms with Crippen LogP contribution in [0.15, 0.2) is 128 Å². The third kappa shape index (κ3) is 6.40. The molecule has 3 fully saturated rings. The van der Waals surface area contributed by atoms with Gasteiger partial charge in [-0.15, -0.1) is 6.58 Å². The van der Waals surface area contributed by atoms with E-state index in [-0.39, 0.29) is 6.04 Å². The third-order valence-electron chi connectivity index (χ3n) is 11.1. The van der Waals surface area contributed by atoms with Gasteiger partial charge in [-0.1, -0.05) is 96.5 Å². The molecule has 8 heteroatoms. The Morgan fingerprint density at radius 3 is 2.27 bits per heavy atom. The maximum absolute atomic E-state index is 7.50. The first kappa shape index (κ1) is 33.9. The fraction of sp³-hybridized carbons (Fsp3) is 0.250. The van der Waals surface area contributed by atoms with Gasteiger partial charge in [0.1, 0.15) is 29.2 Å². The molecule has 0 unspecified atom stereocenters. The van der Waals surface area contributed by atoms with Crippen molar-refractivity contribution in [1.82, 2.24) is 15.0 Å². The van der Waals surface area contributed by atoms with E-state index in [1.54, 1.807) is 14.2 Å². The number of para-hydroxylation sites is 1. The van der Waals surface area contributed by atoms with Crippen molar-refractivity contribution in [1.29, 1.82) is 0 Å². The van der Waals surface area contributed by atoms with Gasteiger partial charge in [-0.2, -0.15) is 4.98 Å². The van der Waals surface area contributed by atoms with E-state index in [9.17, 15) is 0 Å². The summed E-state index contributed by atoms with van der Waals surface area (Å²) in [5.41, 5.74) is 5.59. The molecule has 52 heavy (non-hydrogen) atoms. The summed E-state index contributed by atoms with van der Waals surface area (Å²) in [4.78, 5) is 14.7. The molecule has 5 heterocycles. The Labute approximate surface area is 310 Å². The van der Waals surface area contributed by atoms with Gasteiger partial charge in [-0.05, 0) is 35.7 Å². The molecule has 2 aromatic heterocycles. The molecule has 0 spiro atoms. The zero-order chi connectivity index (χ0) is 35.7. The van der Waals surface area contributed by atoms with Crippen molar-refractivity contribution in [3.8, 4) is 39.9 Å². The number of piperidine rings is 3. The number of hydrogen-bond acceptors (Lipinski definition) is 6. The minimum atomic E-state index is -0.397. The fourth-order valence-electron chi connectivity index (χ4n) is 8.58. The number of hydrogen-bond donors (Lipinski definition) is 0. The Balaban J connectivity index is 1.33. The highest BCUT2D eigenvalue weighted by atomic mass is 35.5. The number of rotatable bonds is 11. The predicted octanol–water partition coefficient (Wildman–Crippen LogP) is 9.76. The van der Waals surface area contributed by atoms with Gasteiger partial charge in [-0.3, -0.25) is 4.98 Å². The molecular weight excluding hydrogens is 668 g/mol. The molecule has 262 valence electrons. The molecule has 4 aromatic carbocycles. The lowest BCUT2D eigenvalue weighted by Crippen LogP contribution is -2.68. The van der Waals surface area contributed by atoms with Gasteiger partial charge in [0.05, 0.1) is 38.4 Å². The largest absolute Gasteiger partial charge is 0.497 e. The second-order valence-electron chi connectivity index (χ2n) is 14.0. The average molecular weight is 710 g/mol. The van der Waals surface area contributed by atoms with Crippen LogP contribution in [0, 0.1) is 11.8 Å². The van der Waals surface area contributed by atoms with Crippen LogP contribution in [0.2, 0.25) is 5.15 Å². The molecule has 5 atom stereocenters. The molecule has 3 aliphatic heterocycles. The van der Waals surface area contributed by atoms with Gasteiger partial charge in [0.25, 0.3) is 0 Å². The molecule has 0 aliphatic carbocycles. The van der Waals surface area contributed by atoms with Crippen molar-refractivity contribution < 1.29 is 18.7 Å². The van der Waals surface area contributed by atoms with Crippen LogP contribution in [-0.2, 0) is 6.54 Å². The van der Waals surface area contributed by atoms with Gasteiger partial charge in [-0.25, -0.2) is 4.98 Å². The van der Waals surface area contributed by atoms with Crippen LogP contribution in [0.4, 0.5) is 0 Å². The van der Waals surface area contributed by atoms with Crippen LogP contribution in [0.5, 0.6) is 17.4 Å². The number of methoxy groups -OCH3 is 2. The first-order valence-corrected chi connectivity index (χ1v) is 18.3. The highest BCUT2D eigenvalue weighted by Crippen LogP contribution is 2.50. The van der Waals surface area contributed by atoms with Crippen molar-refractivity contribution >= 4 is 22.5 Å². The molecule has 0 radical (unpaired) electrons. The van der Waals surface area contributed by atoms with Crippen LogP contribution in [0.1, 0.15) is 30.1 Å². The van der Waals surface area contributed by atoms with Crippen LogP contribution in [0.3, 0.4) is 0 Å². The van der Waals surface area contributed by atoms with Crippen molar-refractivity contribution in [3.63, 3.8) is 0 Å². The summed E-state index contributed by atoms with van der Waals surface area (Å²) in [7, 11) is 3.40. The molecule has 2 bridgehead atoms. The van der Waals surface area contributed by atoms with Crippen molar-refractivity contribution in [2.75, 3.05) is 27.3 Å². The SMILES string of the molecule is C=C[C@H]1C[N@+]2(Cc3cc(OC)cc(OC)c3)CC[C@H]1C[C@@H]2[C@@H](Oc1nc(-c2ccccc2)nc(Cl)c1-c1ccccc1)c1ccnc2ccccc12. The van der Waals surface area contributed by atoms with Crippen molar-refractivity contribution in [2.24, 2.45) is 11.8 Å². The second kappa shape index (κ2) is 14.4. The summed E-state index contributed by atoms with van der Waals surface area (Å²) in [6.07, 6.45) is 5.75. The molecule has 3 aliphatic rings. The highest BCUT2D eigenvalue weighted by molar-refractivity contribution is 6.32. The number of ether oxygens (including phenoxy) is 3. The lowest BCUT2D eigenvalue weighted by atomic mass is 9.71. The van der Waals surface area contributed by atoms with E-state index in [1.807, 2.05) is 79.0 Å². The molecule has 0 saturated carbocycles. The molecule has 0 amide bonds. The van der Waals surface area contributed by atoms with E-state index in [4.69, 9.17) is 40.8 Å². The summed E-state index contributed by atoms with van der Waals surface area (Å²) in [6, 6.07) is 36.7. The standard InChI is InChI=1S/C44H42ClN4O3/c1-4-30-28-49(27-29-23-34(50-2)26-35(24-29)51-3)22-20-33(30)25-39(49)41(37-19-21-46-38-18-12-11-17-36(37)38)52-44-40(31-13-7-5-8-14-31)42(45)47-43(48-44)32-15-9-6-10-16-32/h4-19,21,23-24,26,30,33,39,41H,1,20,22,25,27-28H2,2-3H3/q+1/t30-,33-,39+,41-,49+/m0/s1. The number of fused-ring (bicyclic) bond motifs is 4. The monoisotopic (exact) mass is 709 g/mol. The van der Waals surface area contributed by atoms with Gasteiger partial charge in [0.15, 0.2) is 11.9 Å². The van der Waals surface area contributed by atoms with Crippen LogP contribution in [0.25, 0.3) is 33.4 Å². The van der Waals surface area contributed by atoms with E-state index in [1.165, 1.54) is 0 Å². The minimum Gasteiger partial charge on any atom is -0.497 e. The highest BCUT2D eigenvalue weighted by Gasteiger charge is 2.55. The van der Waals surface area contributed by atoms with E-state index in [0.29, 0.717) is 34.3 Å². The quantitative estimate of drug-likeness (QED) is 0.0758.